The Hall–Kier alpha value is -2.07. The molecule has 2 atom stereocenters. The van der Waals surface area contributed by atoms with Crippen LogP contribution in [0.3, 0.4) is 0 Å². The SMILES string of the molecule is CN(c1ccc(S(F)(F)(F)(F)F)cc1)C(C(=O)NC1CCC(F)(F)CC1)c1cncc(P)c1. The molecule has 0 bridgehead atoms. The molecule has 184 valence electrons. The molecule has 1 aliphatic rings. The Morgan fingerprint density at radius 3 is 2.21 bits per heavy atom. The average molecular weight is 517 g/mol. The number of anilines is 1. The van der Waals surface area contributed by atoms with Gasteiger partial charge in [0.1, 0.15) is 10.9 Å². The predicted molar refractivity (Wildman–Crippen MR) is 118 cm³/mol. The molecule has 3 rings (SSSR count). The number of hydrogen-bond donors (Lipinski definition) is 1. The van der Waals surface area contributed by atoms with Gasteiger partial charge in [0, 0.05) is 49.6 Å². The van der Waals surface area contributed by atoms with Gasteiger partial charge in [-0.1, -0.05) is 19.4 Å². The fourth-order valence-electron chi connectivity index (χ4n) is 3.73. The standard InChI is InChI=1S/C20H23F7N3OPS/c1-30(15-2-4-17(5-3-15)33(23,24,25,26)27)18(13-10-16(32)12-28-11-13)19(31)29-14-6-8-20(21,22)9-7-14/h2-5,10-12,14,18H,6-9,32H2,1H3,(H,29,31). The maximum Gasteiger partial charge on any atom is 0.310 e. The van der Waals surface area contributed by atoms with Gasteiger partial charge in [-0.2, -0.15) is 0 Å². The van der Waals surface area contributed by atoms with Crippen molar-refractivity contribution in [2.45, 2.75) is 48.6 Å². The number of halogens is 7. The van der Waals surface area contributed by atoms with E-state index in [1.165, 1.54) is 24.3 Å². The number of carbonyl (C=O) groups excluding carboxylic acids is 1. The lowest BCUT2D eigenvalue weighted by atomic mass is 9.92. The lowest BCUT2D eigenvalue weighted by molar-refractivity contribution is -0.124. The first-order valence-electron chi connectivity index (χ1n) is 9.91. The van der Waals surface area contributed by atoms with Gasteiger partial charge in [0.05, 0.1) is 0 Å². The van der Waals surface area contributed by atoms with Crippen LogP contribution in [0.5, 0.6) is 0 Å². The normalized spacial score (nSPS) is 19.8. The Morgan fingerprint density at radius 2 is 1.70 bits per heavy atom. The van der Waals surface area contributed by atoms with E-state index in [1.807, 2.05) is 0 Å². The van der Waals surface area contributed by atoms with Crippen LogP contribution in [0, 0.1) is 0 Å². The molecule has 13 heteroatoms. The number of nitrogens with one attached hydrogen (secondary N) is 1. The summed E-state index contributed by atoms with van der Waals surface area (Å²) in [4.78, 5) is 16.5. The molecule has 2 aromatic rings. The van der Waals surface area contributed by atoms with E-state index in [-0.39, 0.29) is 43.5 Å². The summed E-state index contributed by atoms with van der Waals surface area (Å²) in [6.07, 6.45) is 2.33. The van der Waals surface area contributed by atoms with Crippen LogP contribution in [0.1, 0.15) is 37.3 Å². The minimum absolute atomic E-state index is 0.0742. The van der Waals surface area contributed by atoms with Crippen molar-refractivity contribution < 1.29 is 33.0 Å². The quantitative estimate of drug-likeness (QED) is 0.372. The molecule has 1 aromatic heterocycles. The molecule has 1 fully saturated rings. The van der Waals surface area contributed by atoms with Gasteiger partial charge in [-0.05, 0) is 48.5 Å². The largest absolute Gasteiger partial charge is 0.359 e. The number of alkyl halides is 2. The second-order valence-electron chi connectivity index (χ2n) is 8.17. The van der Waals surface area contributed by atoms with Gasteiger partial charge in [-0.15, -0.1) is 9.24 Å². The van der Waals surface area contributed by atoms with E-state index in [0.717, 1.165) is 12.1 Å². The summed E-state index contributed by atoms with van der Waals surface area (Å²) in [5, 5.41) is 3.36. The minimum atomic E-state index is -9.84. The Labute approximate surface area is 188 Å². The molecule has 0 radical (unpaired) electrons. The Balaban J connectivity index is 1.89. The Kier molecular flexibility index (Phi) is 6.20. The van der Waals surface area contributed by atoms with Crippen molar-refractivity contribution in [2.75, 3.05) is 11.9 Å². The van der Waals surface area contributed by atoms with E-state index in [0.29, 0.717) is 10.9 Å². The molecule has 4 nitrogen and oxygen atoms in total. The van der Waals surface area contributed by atoms with Crippen LogP contribution >= 0.6 is 19.5 Å². The zero-order valence-electron chi connectivity index (χ0n) is 17.5. The monoisotopic (exact) mass is 517 g/mol. The smallest absolute Gasteiger partial charge is 0.310 e. The average Bonchev–Trinajstić information content (AvgIpc) is 2.68. The first-order chi connectivity index (χ1) is 14.9. The number of carbonyl (C=O) groups is 1. The van der Waals surface area contributed by atoms with E-state index < -0.39 is 39.0 Å². The molecule has 1 amide bonds. The van der Waals surface area contributed by atoms with Gasteiger partial charge in [-0.3, -0.25) is 9.78 Å². The van der Waals surface area contributed by atoms with Crippen molar-refractivity contribution in [1.29, 1.82) is 0 Å². The number of nitrogens with zero attached hydrogens (tertiary/aromatic N) is 2. The summed E-state index contributed by atoms with van der Waals surface area (Å²) in [7, 11) is -6.02. The van der Waals surface area contributed by atoms with Crippen molar-refractivity contribution in [2.24, 2.45) is 0 Å². The van der Waals surface area contributed by atoms with Crippen LogP contribution < -0.4 is 15.5 Å². The summed E-state index contributed by atoms with van der Waals surface area (Å²) in [6, 6.07) is 2.30. The Bertz CT molecular complexity index is 1030. The van der Waals surface area contributed by atoms with Crippen LogP contribution in [-0.2, 0) is 4.79 Å². The van der Waals surface area contributed by atoms with Gasteiger partial charge in [0.15, 0.2) is 0 Å². The minimum Gasteiger partial charge on any atom is -0.359 e. The molecule has 0 saturated heterocycles. The first-order valence-corrected chi connectivity index (χ1v) is 12.4. The molecule has 2 unspecified atom stereocenters. The van der Waals surface area contributed by atoms with E-state index >= 15 is 0 Å². The first kappa shape index (κ1) is 25.6. The number of pyridine rings is 1. The highest BCUT2D eigenvalue weighted by Gasteiger charge is 2.65. The van der Waals surface area contributed by atoms with Crippen molar-refractivity contribution >= 4 is 36.4 Å². The van der Waals surface area contributed by atoms with Crippen molar-refractivity contribution in [3.63, 3.8) is 0 Å². The van der Waals surface area contributed by atoms with Crippen LogP contribution in [0.2, 0.25) is 0 Å². The molecule has 1 aromatic carbocycles. The highest BCUT2D eigenvalue weighted by molar-refractivity contribution is 8.45. The topological polar surface area (TPSA) is 45.2 Å². The van der Waals surface area contributed by atoms with Gasteiger partial charge >= 0.3 is 10.2 Å². The second kappa shape index (κ2) is 8.01. The highest BCUT2D eigenvalue weighted by atomic mass is 32.5. The molecular weight excluding hydrogens is 494 g/mol. The van der Waals surface area contributed by atoms with Gasteiger partial charge < -0.3 is 10.2 Å². The van der Waals surface area contributed by atoms with Crippen LogP contribution in [0.4, 0.5) is 33.9 Å². The van der Waals surface area contributed by atoms with E-state index in [1.54, 1.807) is 6.07 Å². The summed E-state index contributed by atoms with van der Waals surface area (Å²) >= 11 is 0. The summed E-state index contributed by atoms with van der Waals surface area (Å²) < 4.78 is 92.1. The lowest BCUT2D eigenvalue weighted by Gasteiger charge is -2.40. The third-order valence-corrected chi connectivity index (χ3v) is 6.96. The summed E-state index contributed by atoms with van der Waals surface area (Å²) in [5.74, 6) is -3.35. The number of rotatable bonds is 6. The van der Waals surface area contributed by atoms with Crippen LogP contribution in [0.15, 0.2) is 47.6 Å². The number of aromatic nitrogens is 1. The number of likely N-dealkylation sites (N-methyl/N-ethyl adjacent to an activating group) is 1. The zero-order chi connectivity index (χ0) is 24.7. The zero-order valence-corrected chi connectivity index (χ0v) is 19.4. The number of amides is 1. The van der Waals surface area contributed by atoms with E-state index in [2.05, 4.69) is 19.5 Å². The van der Waals surface area contributed by atoms with Crippen LogP contribution in [0.25, 0.3) is 0 Å². The molecule has 1 saturated carbocycles. The maximum absolute atomic E-state index is 13.4. The molecule has 0 spiro atoms. The Morgan fingerprint density at radius 1 is 1.12 bits per heavy atom. The summed E-state index contributed by atoms with van der Waals surface area (Å²) in [5.41, 5.74) is 0.463. The molecular formula is C20H23F7N3OPS. The third-order valence-electron chi connectivity index (χ3n) is 5.48. The maximum atomic E-state index is 13.4. The highest BCUT2D eigenvalue weighted by Crippen LogP contribution is 3.02. The van der Waals surface area contributed by atoms with Crippen molar-refractivity contribution in [1.82, 2.24) is 10.3 Å². The third kappa shape index (κ3) is 6.50. The van der Waals surface area contributed by atoms with Gasteiger partial charge in [-0.25, -0.2) is 8.78 Å². The van der Waals surface area contributed by atoms with E-state index in [4.69, 9.17) is 0 Å². The van der Waals surface area contributed by atoms with Crippen molar-refractivity contribution in [3.8, 4) is 0 Å². The molecule has 1 N–H and O–H groups in total. The molecule has 0 aliphatic heterocycles. The second-order valence-corrected chi connectivity index (χ2v) is 11.2. The predicted octanol–water partition coefficient (Wildman–Crippen LogP) is 6.11. The fraction of sp³-hybridized carbons (Fsp3) is 0.400. The number of hydrogen-bond acceptors (Lipinski definition) is 3. The van der Waals surface area contributed by atoms with E-state index in [9.17, 15) is 33.0 Å². The summed E-state index contributed by atoms with van der Waals surface area (Å²) in [6.45, 7) is 0. The number of benzene rings is 1. The van der Waals surface area contributed by atoms with Crippen molar-refractivity contribution in [3.05, 3.63) is 48.3 Å². The molecule has 1 aliphatic carbocycles. The molecule has 1 heterocycles. The van der Waals surface area contributed by atoms with Gasteiger partial charge in [0.25, 0.3) is 0 Å². The van der Waals surface area contributed by atoms with Crippen LogP contribution in [-0.4, -0.2) is 29.9 Å². The van der Waals surface area contributed by atoms with Gasteiger partial charge in [0.2, 0.25) is 11.8 Å². The fourth-order valence-corrected chi connectivity index (χ4v) is 4.66. The lowest BCUT2D eigenvalue weighted by Crippen LogP contribution is -2.46. The molecule has 33 heavy (non-hydrogen) atoms.